The Morgan fingerprint density at radius 1 is 0.246 bits per heavy atom. The van der Waals surface area contributed by atoms with Crippen molar-refractivity contribution in [1.29, 1.82) is 0 Å². The Morgan fingerprint density at radius 2 is 0.432 bits per heavy atom. The quantitative estimate of drug-likeness (QED) is 0.0222. The van der Waals surface area contributed by atoms with Gasteiger partial charge in [-0.05, 0) is 43.4 Å². The van der Waals surface area contributed by atoms with Crippen LogP contribution in [0.15, 0.2) is 0 Å². The third kappa shape index (κ3) is 88.9. The highest BCUT2D eigenvalue weighted by Gasteiger charge is 2.31. The van der Waals surface area contributed by atoms with E-state index in [0.717, 1.165) is 108 Å². The van der Waals surface area contributed by atoms with Crippen LogP contribution in [-0.4, -0.2) is 96.7 Å². The number of hydrogen-bond donors (Lipinski definition) is 3. The fourth-order valence-electron chi connectivity index (χ4n) is 15.6. The number of phosphoric acid groups is 2. The van der Waals surface area contributed by atoms with Crippen LogP contribution < -0.4 is 0 Å². The number of esters is 4. The molecular weight excluding hydrogens is 1520 g/mol. The molecule has 4 unspecified atom stereocenters. The summed E-state index contributed by atoms with van der Waals surface area (Å²) < 4.78 is 69.3. The lowest BCUT2D eigenvalue weighted by atomic mass is 9.99. The minimum atomic E-state index is -4.98. The van der Waals surface area contributed by atoms with Gasteiger partial charge in [0.2, 0.25) is 0 Å². The first-order chi connectivity index (χ1) is 57.3. The van der Waals surface area contributed by atoms with Crippen LogP contribution >= 0.6 is 15.6 Å². The summed E-state index contributed by atoms with van der Waals surface area (Å²) in [6.07, 6.45) is 84.8. The van der Waals surface area contributed by atoms with Gasteiger partial charge in [-0.1, -0.05) is 485 Å². The van der Waals surface area contributed by atoms with Gasteiger partial charge in [-0.2, -0.15) is 0 Å². The first-order valence-electron chi connectivity index (χ1n) is 50.9. The number of carbonyl (C=O) groups excluding carboxylic acids is 4. The third-order valence-electron chi connectivity index (χ3n) is 24.1. The Bertz CT molecular complexity index is 2260. The van der Waals surface area contributed by atoms with Crippen LogP contribution in [0, 0.1) is 17.8 Å². The number of hydrogen-bond acceptors (Lipinski definition) is 15. The maximum Gasteiger partial charge on any atom is 0.472 e. The number of ether oxygens (including phenoxy) is 4. The molecule has 0 radical (unpaired) electrons. The van der Waals surface area contributed by atoms with Crippen LogP contribution in [0.3, 0.4) is 0 Å². The van der Waals surface area contributed by atoms with E-state index < -0.39 is 97.5 Å². The van der Waals surface area contributed by atoms with E-state index in [1.165, 1.54) is 347 Å². The topological polar surface area (TPSA) is 237 Å². The molecule has 0 aliphatic carbocycles. The third-order valence-corrected chi connectivity index (χ3v) is 26.0. The van der Waals surface area contributed by atoms with E-state index in [9.17, 15) is 43.2 Å². The summed E-state index contributed by atoms with van der Waals surface area (Å²) >= 11 is 0. The lowest BCUT2D eigenvalue weighted by molar-refractivity contribution is -0.161. The minimum Gasteiger partial charge on any atom is -0.462 e. The van der Waals surface area contributed by atoms with Crippen molar-refractivity contribution in [2.75, 3.05) is 39.6 Å². The predicted octanol–water partition coefficient (Wildman–Crippen LogP) is 31.2. The Kier molecular flexibility index (Phi) is 87.0. The molecule has 0 aromatic rings. The van der Waals surface area contributed by atoms with Crippen LogP contribution in [0.4, 0.5) is 0 Å². The summed E-state index contributed by atoms with van der Waals surface area (Å²) in [6.45, 7) is 12.2. The molecule has 0 heterocycles. The highest BCUT2D eigenvalue weighted by atomic mass is 31.2. The van der Waals surface area contributed by atoms with Crippen molar-refractivity contribution in [3.8, 4) is 0 Å². The van der Waals surface area contributed by atoms with Gasteiger partial charge in [0.15, 0.2) is 12.2 Å². The van der Waals surface area contributed by atoms with Gasteiger partial charge >= 0.3 is 39.5 Å². The molecular formula is C99H194O17P2. The minimum absolute atomic E-state index is 0.109. The summed E-state index contributed by atoms with van der Waals surface area (Å²) in [5.41, 5.74) is 0. The molecule has 0 saturated carbocycles. The van der Waals surface area contributed by atoms with Gasteiger partial charge in [0.25, 0.3) is 0 Å². The SMILES string of the molecule is CCCCCCCCCCCCCCCC(=O)OC[C@H](COP(=O)(O)OC[C@H](O)COP(=O)(O)OC[C@@H](COC(=O)CCCCCCCCCCCCCCCCCCCCC(C)CC)OC(=O)CCCCCCCCCCCCCCCCCCCCC(C)CC)OC(=O)CCCCCCCCCCCCCCCCCCCCC(C)C. The van der Waals surface area contributed by atoms with Crippen LogP contribution in [0.2, 0.25) is 0 Å². The first-order valence-corrected chi connectivity index (χ1v) is 53.9. The fraction of sp³-hybridized carbons (Fsp3) is 0.960. The maximum atomic E-state index is 13.2. The molecule has 702 valence electrons. The lowest BCUT2D eigenvalue weighted by Gasteiger charge is -2.21. The molecule has 3 N–H and O–H groups in total. The second-order valence-corrected chi connectivity index (χ2v) is 39.4. The number of carbonyl (C=O) groups is 4. The van der Waals surface area contributed by atoms with Gasteiger partial charge in [0.05, 0.1) is 26.4 Å². The van der Waals surface area contributed by atoms with Crippen molar-refractivity contribution >= 4 is 39.5 Å². The number of unbranched alkanes of at least 4 members (excludes halogenated alkanes) is 63. The monoisotopic (exact) mass is 1720 g/mol. The van der Waals surface area contributed by atoms with Crippen molar-refractivity contribution in [2.24, 2.45) is 17.8 Å². The molecule has 0 fully saturated rings. The Balaban J connectivity index is 5.25. The average molecular weight is 1720 g/mol. The molecule has 0 aliphatic rings. The van der Waals surface area contributed by atoms with E-state index in [1.54, 1.807) is 0 Å². The smallest absolute Gasteiger partial charge is 0.462 e. The molecule has 0 spiro atoms. The summed E-state index contributed by atoms with van der Waals surface area (Å²) in [5.74, 6) is 0.478. The first kappa shape index (κ1) is 116. The highest BCUT2D eigenvalue weighted by Crippen LogP contribution is 2.45. The van der Waals surface area contributed by atoms with E-state index in [-0.39, 0.29) is 25.7 Å². The van der Waals surface area contributed by atoms with Gasteiger partial charge in [-0.25, -0.2) is 9.13 Å². The second kappa shape index (κ2) is 88.5. The van der Waals surface area contributed by atoms with E-state index in [2.05, 4.69) is 48.5 Å². The Hall–Kier alpha value is -1.94. The average Bonchev–Trinajstić information content (AvgIpc) is 0.898. The van der Waals surface area contributed by atoms with Crippen molar-refractivity contribution in [3.05, 3.63) is 0 Å². The lowest BCUT2D eigenvalue weighted by Crippen LogP contribution is -2.30. The van der Waals surface area contributed by atoms with Crippen molar-refractivity contribution in [2.45, 2.75) is 555 Å². The number of rotatable bonds is 97. The molecule has 0 amide bonds. The summed E-state index contributed by atoms with van der Waals surface area (Å²) in [6, 6.07) is 0. The normalized spacial score (nSPS) is 14.1. The van der Waals surface area contributed by atoms with Gasteiger partial charge in [-0.3, -0.25) is 37.3 Å². The molecule has 19 heteroatoms. The van der Waals surface area contributed by atoms with Gasteiger partial charge < -0.3 is 33.8 Å². The predicted molar refractivity (Wildman–Crippen MR) is 492 cm³/mol. The van der Waals surface area contributed by atoms with Crippen molar-refractivity contribution < 1.29 is 80.2 Å². The Labute approximate surface area is 728 Å². The summed E-state index contributed by atoms with van der Waals surface area (Å²) in [5, 5.41) is 10.7. The van der Waals surface area contributed by atoms with E-state index >= 15 is 0 Å². The largest absolute Gasteiger partial charge is 0.472 e. The van der Waals surface area contributed by atoms with Crippen LogP contribution in [0.1, 0.15) is 536 Å². The molecule has 0 bridgehead atoms. The van der Waals surface area contributed by atoms with Crippen molar-refractivity contribution in [1.82, 2.24) is 0 Å². The molecule has 118 heavy (non-hydrogen) atoms. The molecule has 17 nitrogen and oxygen atoms in total. The summed E-state index contributed by atoms with van der Waals surface area (Å²) in [7, 11) is -9.95. The molecule has 0 saturated heterocycles. The van der Waals surface area contributed by atoms with Crippen LogP contribution in [0.5, 0.6) is 0 Å². The van der Waals surface area contributed by atoms with E-state index in [4.69, 9.17) is 37.0 Å². The molecule has 0 aliphatic heterocycles. The number of aliphatic hydroxyl groups is 1. The summed E-state index contributed by atoms with van der Waals surface area (Å²) in [4.78, 5) is 73.7. The van der Waals surface area contributed by atoms with Crippen LogP contribution in [0.25, 0.3) is 0 Å². The van der Waals surface area contributed by atoms with E-state index in [0.29, 0.717) is 25.7 Å². The molecule has 0 aromatic carbocycles. The van der Waals surface area contributed by atoms with Gasteiger partial charge in [0.1, 0.15) is 19.3 Å². The van der Waals surface area contributed by atoms with Crippen LogP contribution in [-0.2, 0) is 65.4 Å². The van der Waals surface area contributed by atoms with Gasteiger partial charge in [0, 0.05) is 25.7 Å². The number of phosphoric ester groups is 2. The maximum absolute atomic E-state index is 13.2. The second-order valence-electron chi connectivity index (χ2n) is 36.5. The molecule has 0 aromatic heterocycles. The zero-order valence-electron chi connectivity index (χ0n) is 78.4. The Morgan fingerprint density at radius 3 is 0.644 bits per heavy atom. The van der Waals surface area contributed by atoms with E-state index in [1.807, 2.05) is 0 Å². The van der Waals surface area contributed by atoms with Gasteiger partial charge in [-0.15, -0.1) is 0 Å². The molecule has 0 rings (SSSR count). The zero-order chi connectivity index (χ0) is 86.4. The van der Waals surface area contributed by atoms with Crippen molar-refractivity contribution in [3.63, 3.8) is 0 Å². The zero-order valence-corrected chi connectivity index (χ0v) is 80.2. The standard InChI is InChI=1S/C99H194O17P2/c1-8-11-12-13-14-15-16-35-45-52-59-66-73-80-96(101)109-86-94(115-98(103)82-75-68-61-54-47-40-33-27-20-17-23-29-36-42-49-56-63-70-77-90(4)5)88-113-117(105,106)111-84-93(100)85-112-118(107,108)114-89-95(116-99(104)83-76-69-62-55-48-41-34-28-22-19-25-31-38-44-51-58-65-72-79-92(7)10-3)87-110-97(102)81-74-67-60-53-46-39-32-26-21-18-24-30-37-43-50-57-64-71-78-91(6)9-2/h90-95,100H,8-89H2,1-7H3,(H,105,106)(H,107,108)/t91?,92?,93-,94+,95+/m0/s1. The molecule has 7 atom stereocenters. The highest BCUT2D eigenvalue weighted by molar-refractivity contribution is 7.47. The number of aliphatic hydroxyl groups excluding tert-OH is 1. The fourth-order valence-corrected chi connectivity index (χ4v) is 17.2.